The Bertz CT molecular complexity index is 714. The lowest BCUT2D eigenvalue weighted by Crippen LogP contribution is -2.19. The quantitative estimate of drug-likeness (QED) is 0.859. The lowest BCUT2D eigenvalue weighted by atomic mass is 10.2. The van der Waals surface area contributed by atoms with Crippen LogP contribution in [0.3, 0.4) is 0 Å². The maximum Gasteiger partial charge on any atom is 0.262 e. The van der Waals surface area contributed by atoms with Crippen molar-refractivity contribution in [2.45, 2.75) is 25.3 Å². The Morgan fingerprint density at radius 2 is 1.95 bits per heavy atom. The third-order valence-corrected chi connectivity index (χ3v) is 4.56. The van der Waals surface area contributed by atoms with Gasteiger partial charge in [0.15, 0.2) is 0 Å². The molecule has 0 saturated heterocycles. The summed E-state index contributed by atoms with van der Waals surface area (Å²) in [7, 11) is -3.61. The van der Waals surface area contributed by atoms with Crippen molar-refractivity contribution in [3.05, 3.63) is 53.9 Å². The van der Waals surface area contributed by atoms with Crippen LogP contribution >= 0.6 is 0 Å². The van der Waals surface area contributed by atoms with E-state index >= 15 is 0 Å². The smallest absolute Gasteiger partial charge is 0.262 e. The Morgan fingerprint density at radius 3 is 2.67 bits per heavy atom. The molecule has 0 bridgehead atoms. The molecule has 2 rings (SSSR count). The molecule has 0 aliphatic rings. The van der Waals surface area contributed by atoms with Gasteiger partial charge in [-0.1, -0.05) is 25.1 Å². The van der Waals surface area contributed by atoms with Crippen molar-refractivity contribution < 1.29 is 8.42 Å². The van der Waals surface area contributed by atoms with E-state index < -0.39 is 10.0 Å². The van der Waals surface area contributed by atoms with Gasteiger partial charge in [-0.25, -0.2) is 8.42 Å². The molecule has 0 radical (unpaired) electrons. The predicted molar refractivity (Wildman–Crippen MR) is 83.6 cm³/mol. The topological polar surface area (TPSA) is 71.1 Å². The van der Waals surface area contributed by atoms with Gasteiger partial charge in [0.1, 0.15) is 0 Å². The number of hydrogen-bond acceptors (Lipinski definition) is 4. The van der Waals surface area contributed by atoms with Crippen LogP contribution in [0.2, 0.25) is 0 Å². The van der Waals surface area contributed by atoms with Crippen LogP contribution in [0.4, 0.5) is 5.69 Å². The van der Waals surface area contributed by atoms with Gasteiger partial charge < -0.3 is 5.32 Å². The Hall–Kier alpha value is -1.92. The first kappa shape index (κ1) is 15.5. The zero-order valence-corrected chi connectivity index (χ0v) is 12.9. The maximum absolute atomic E-state index is 12.6. The highest BCUT2D eigenvalue weighted by atomic mass is 32.2. The second-order valence-corrected chi connectivity index (χ2v) is 6.33. The van der Waals surface area contributed by atoms with Gasteiger partial charge in [-0.05, 0) is 36.7 Å². The van der Waals surface area contributed by atoms with E-state index in [0.717, 1.165) is 17.7 Å². The van der Waals surface area contributed by atoms with Crippen molar-refractivity contribution in [3.8, 4) is 0 Å². The average Bonchev–Trinajstić information content (AvgIpc) is 2.47. The molecule has 6 heteroatoms. The summed E-state index contributed by atoms with van der Waals surface area (Å²) in [5, 5.41) is 3.15. The van der Waals surface area contributed by atoms with Crippen molar-refractivity contribution in [2.75, 3.05) is 11.3 Å². The van der Waals surface area contributed by atoms with Crippen LogP contribution in [0.5, 0.6) is 0 Å². The van der Waals surface area contributed by atoms with Crippen LogP contribution in [-0.2, 0) is 16.6 Å². The number of pyridine rings is 1. The van der Waals surface area contributed by atoms with Crippen molar-refractivity contribution in [1.29, 1.82) is 0 Å². The van der Waals surface area contributed by atoms with Crippen molar-refractivity contribution >= 4 is 15.7 Å². The summed E-state index contributed by atoms with van der Waals surface area (Å²) in [6, 6.07) is 8.65. The van der Waals surface area contributed by atoms with E-state index in [0.29, 0.717) is 17.1 Å². The molecule has 21 heavy (non-hydrogen) atoms. The number of aromatic nitrogens is 1. The molecule has 1 heterocycles. The van der Waals surface area contributed by atoms with Gasteiger partial charge in [-0.3, -0.25) is 9.71 Å². The summed E-state index contributed by atoms with van der Waals surface area (Å²) in [4.78, 5) is 4.25. The molecule has 0 aliphatic carbocycles. The molecular formula is C15H19N3O2S. The van der Waals surface area contributed by atoms with E-state index in [-0.39, 0.29) is 0 Å². The van der Waals surface area contributed by atoms with Crippen LogP contribution in [0.1, 0.15) is 18.1 Å². The van der Waals surface area contributed by atoms with Gasteiger partial charge in [-0.2, -0.15) is 0 Å². The number of nitrogens with one attached hydrogen (secondary N) is 2. The zero-order chi connectivity index (χ0) is 15.3. The highest BCUT2D eigenvalue weighted by molar-refractivity contribution is 7.92. The van der Waals surface area contributed by atoms with Gasteiger partial charge in [0, 0.05) is 18.9 Å². The van der Waals surface area contributed by atoms with Crippen LogP contribution in [0, 0.1) is 6.92 Å². The number of rotatable bonds is 6. The molecule has 2 N–H and O–H groups in total. The summed E-state index contributed by atoms with van der Waals surface area (Å²) in [6.45, 7) is 5.10. The third-order valence-electron chi connectivity index (χ3n) is 3.09. The van der Waals surface area contributed by atoms with Crippen molar-refractivity contribution in [2.24, 2.45) is 0 Å². The van der Waals surface area contributed by atoms with Gasteiger partial charge in [0.05, 0.1) is 10.6 Å². The van der Waals surface area contributed by atoms with E-state index in [9.17, 15) is 8.42 Å². The monoisotopic (exact) mass is 305 g/mol. The lowest BCUT2D eigenvalue weighted by molar-refractivity contribution is 0.598. The van der Waals surface area contributed by atoms with E-state index in [4.69, 9.17) is 0 Å². The number of benzene rings is 1. The summed E-state index contributed by atoms with van der Waals surface area (Å²) < 4.78 is 27.8. The minimum atomic E-state index is -3.61. The van der Waals surface area contributed by atoms with Crippen LogP contribution < -0.4 is 10.0 Å². The molecule has 0 aliphatic heterocycles. The van der Waals surface area contributed by atoms with Gasteiger partial charge in [0.25, 0.3) is 10.0 Å². The highest BCUT2D eigenvalue weighted by Gasteiger charge is 2.18. The second kappa shape index (κ2) is 6.69. The minimum Gasteiger partial charge on any atom is -0.313 e. The maximum atomic E-state index is 12.6. The van der Waals surface area contributed by atoms with Crippen LogP contribution in [0.15, 0.2) is 47.6 Å². The molecule has 0 spiro atoms. The second-order valence-electron chi connectivity index (χ2n) is 4.68. The van der Waals surface area contributed by atoms with Crippen LogP contribution in [0.25, 0.3) is 0 Å². The first-order chi connectivity index (χ1) is 10.0. The molecule has 0 atom stereocenters. The fourth-order valence-corrected chi connectivity index (χ4v) is 3.33. The molecule has 5 nitrogen and oxygen atoms in total. The lowest BCUT2D eigenvalue weighted by Gasteiger charge is -2.13. The van der Waals surface area contributed by atoms with Crippen molar-refractivity contribution in [3.63, 3.8) is 0 Å². The number of hydrogen-bond donors (Lipinski definition) is 2. The fourth-order valence-electron chi connectivity index (χ4n) is 1.96. The van der Waals surface area contributed by atoms with E-state index in [1.54, 1.807) is 30.6 Å². The fraction of sp³-hybridized carbons (Fsp3) is 0.267. The molecule has 2 aromatic rings. The average molecular weight is 305 g/mol. The summed E-state index contributed by atoms with van der Waals surface area (Å²) in [5.41, 5.74) is 2.08. The third kappa shape index (κ3) is 3.80. The SMILES string of the molecule is CCNCc1ccccc1S(=O)(=O)Nc1ccncc1C. The minimum absolute atomic E-state index is 0.294. The predicted octanol–water partition coefficient (Wildman–Crippen LogP) is 2.30. The van der Waals surface area contributed by atoms with E-state index in [1.807, 2.05) is 26.0 Å². The van der Waals surface area contributed by atoms with Gasteiger partial charge >= 0.3 is 0 Å². The number of sulfonamides is 1. The molecule has 1 aromatic heterocycles. The Kier molecular flexibility index (Phi) is 4.93. The summed E-state index contributed by atoms with van der Waals surface area (Å²) in [6.07, 6.45) is 3.19. The molecular weight excluding hydrogens is 286 g/mol. The largest absolute Gasteiger partial charge is 0.313 e. The molecule has 0 amide bonds. The van der Waals surface area contributed by atoms with E-state index in [2.05, 4.69) is 15.0 Å². The Morgan fingerprint density at radius 1 is 1.19 bits per heavy atom. The Balaban J connectivity index is 2.34. The molecule has 0 saturated carbocycles. The number of aryl methyl sites for hydroxylation is 1. The van der Waals surface area contributed by atoms with Crippen molar-refractivity contribution in [1.82, 2.24) is 10.3 Å². The number of anilines is 1. The number of nitrogens with zero attached hydrogens (tertiary/aromatic N) is 1. The Labute approximate surface area is 125 Å². The first-order valence-electron chi connectivity index (χ1n) is 6.76. The first-order valence-corrected chi connectivity index (χ1v) is 8.25. The summed E-state index contributed by atoms with van der Waals surface area (Å²) >= 11 is 0. The van der Waals surface area contributed by atoms with Gasteiger partial charge in [-0.15, -0.1) is 0 Å². The molecule has 0 fully saturated rings. The van der Waals surface area contributed by atoms with Crippen LogP contribution in [-0.4, -0.2) is 19.9 Å². The molecule has 1 aromatic carbocycles. The highest BCUT2D eigenvalue weighted by Crippen LogP contribution is 2.21. The summed E-state index contributed by atoms with van der Waals surface area (Å²) in [5.74, 6) is 0. The molecule has 112 valence electrons. The zero-order valence-electron chi connectivity index (χ0n) is 12.1. The normalized spacial score (nSPS) is 11.3. The standard InChI is InChI=1S/C15H19N3O2S/c1-3-16-11-13-6-4-5-7-15(13)21(19,20)18-14-8-9-17-10-12(14)2/h4-10,16H,3,11H2,1-2H3,(H,17,18). The van der Waals surface area contributed by atoms with Gasteiger partial charge in [0.2, 0.25) is 0 Å². The van der Waals surface area contributed by atoms with E-state index in [1.165, 1.54) is 0 Å². The molecule has 0 unspecified atom stereocenters.